The second-order valence-corrected chi connectivity index (χ2v) is 6.53. The number of hydrogen-bond acceptors (Lipinski definition) is 2. The first kappa shape index (κ1) is 16.4. The van der Waals surface area contributed by atoms with Crippen LogP contribution in [0.4, 0.5) is 4.39 Å². The van der Waals surface area contributed by atoms with E-state index in [1.165, 1.54) is 31.4 Å². The number of carbonyl (C=O) groups is 1. The summed E-state index contributed by atoms with van der Waals surface area (Å²) in [7, 11) is 0. The molecular weight excluding hydrogens is 335 g/mol. The van der Waals surface area contributed by atoms with Crippen LogP contribution in [0.25, 0.3) is 0 Å². The molecule has 1 aromatic rings. The number of piperidine rings is 1. The summed E-state index contributed by atoms with van der Waals surface area (Å²) in [5.74, 6) is -0.835. The number of carbonyl (C=O) groups excluding carboxylic acids is 1. The Labute approximate surface area is 134 Å². The van der Waals surface area contributed by atoms with Crippen molar-refractivity contribution >= 4 is 21.8 Å². The summed E-state index contributed by atoms with van der Waals surface area (Å²) in [6.45, 7) is 4.98. The third-order valence-corrected chi connectivity index (χ3v) is 4.52. The summed E-state index contributed by atoms with van der Waals surface area (Å²) in [5.41, 5.74) is 0.101. The van der Waals surface area contributed by atoms with Crippen LogP contribution in [0.5, 0.6) is 0 Å². The smallest absolute Gasteiger partial charge is 0.254 e. The fraction of sp³-hybridized carbons (Fsp3) is 0.562. The number of benzene rings is 1. The summed E-state index contributed by atoms with van der Waals surface area (Å²) in [6.07, 6.45) is 4.74. The number of nitrogens with zero attached hydrogens (tertiary/aromatic N) is 1. The van der Waals surface area contributed by atoms with E-state index < -0.39 is 5.82 Å². The van der Waals surface area contributed by atoms with Crippen molar-refractivity contribution in [2.45, 2.75) is 38.6 Å². The van der Waals surface area contributed by atoms with Gasteiger partial charge in [-0.2, -0.15) is 0 Å². The molecule has 0 spiro atoms. The van der Waals surface area contributed by atoms with Gasteiger partial charge in [0.15, 0.2) is 0 Å². The highest BCUT2D eigenvalue weighted by molar-refractivity contribution is 9.10. The maximum absolute atomic E-state index is 13.7. The molecule has 3 nitrogen and oxygen atoms in total. The van der Waals surface area contributed by atoms with E-state index in [0.29, 0.717) is 17.1 Å². The number of rotatable bonds is 5. The molecule has 1 aliphatic heterocycles. The molecule has 2 rings (SSSR count). The van der Waals surface area contributed by atoms with E-state index in [1.54, 1.807) is 6.07 Å². The normalized spacial score (nSPS) is 19.5. The van der Waals surface area contributed by atoms with E-state index in [1.807, 2.05) is 0 Å². The van der Waals surface area contributed by atoms with Crippen molar-refractivity contribution in [3.05, 3.63) is 34.1 Å². The van der Waals surface area contributed by atoms with E-state index in [9.17, 15) is 9.18 Å². The quantitative estimate of drug-likeness (QED) is 0.817. The molecule has 0 aliphatic carbocycles. The molecule has 1 saturated heterocycles. The minimum Gasteiger partial charge on any atom is -0.352 e. The second-order valence-electron chi connectivity index (χ2n) is 5.61. The van der Waals surface area contributed by atoms with E-state index in [-0.39, 0.29) is 11.5 Å². The highest BCUT2D eigenvalue weighted by Crippen LogP contribution is 2.16. The zero-order chi connectivity index (χ0) is 15.2. The Bertz CT molecular complexity index is 495. The molecule has 21 heavy (non-hydrogen) atoms. The lowest BCUT2D eigenvalue weighted by molar-refractivity contribution is 0.0945. The first-order chi connectivity index (χ1) is 10.1. The van der Waals surface area contributed by atoms with Crippen molar-refractivity contribution in [1.82, 2.24) is 10.2 Å². The summed E-state index contributed by atoms with van der Waals surface area (Å²) >= 11 is 3.18. The van der Waals surface area contributed by atoms with Crippen LogP contribution in [0.1, 0.15) is 43.0 Å². The molecule has 1 amide bonds. The fourth-order valence-electron chi connectivity index (χ4n) is 2.74. The first-order valence-corrected chi connectivity index (χ1v) is 8.34. The second kappa shape index (κ2) is 7.90. The average Bonchev–Trinajstić information content (AvgIpc) is 2.45. The Morgan fingerprint density at radius 3 is 3.00 bits per heavy atom. The largest absolute Gasteiger partial charge is 0.352 e. The van der Waals surface area contributed by atoms with Crippen LogP contribution in [0, 0.1) is 5.82 Å². The van der Waals surface area contributed by atoms with Crippen molar-refractivity contribution in [3.8, 4) is 0 Å². The van der Waals surface area contributed by atoms with Crippen molar-refractivity contribution < 1.29 is 9.18 Å². The van der Waals surface area contributed by atoms with Crippen molar-refractivity contribution in [3.63, 3.8) is 0 Å². The molecule has 0 saturated carbocycles. The summed E-state index contributed by atoms with van der Waals surface area (Å²) in [4.78, 5) is 14.4. The van der Waals surface area contributed by atoms with Gasteiger partial charge in [0.25, 0.3) is 5.91 Å². The van der Waals surface area contributed by atoms with Gasteiger partial charge in [0.1, 0.15) is 5.82 Å². The van der Waals surface area contributed by atoms with E-state index in [4.69, 9.17) is 0 Å². The van der Waals surface area contributed by atoms with Gasteiger partial charge in [0.05, 0.1) is 5.56 Å². The van der Waals surface area contributed by atoms with E-state index in [0.717, 1.165) is 19.5 Å². The first-order valence-electron chi connectivity index (χ1n) is 7.55. The van der Waals surface area contributed by atoms with Gasteiger partial charge in [-0.25, -0.2) is 4.39 Å². The Morgan fingerprint density at radius 2 is 2.29 bits per heavy atom. The standard InChI is InChI=1S/C16H22BrFN2O/c1-12-5-2-3-9-20(12)10-4-8-19-16(21)14-7-6-13(17)11-15(14)18/h6-7,11-12H,2-5,8-10H2,1H3,(H,19,21)/t12-/m0/s1. The molecule has 1 fully saturated rings. The van der Waals surface area contributed by atoms with Gasteiger partial charge < -0.3 is 10.2 Å². The number of likely N-dealkylation sites (tertiary alicyclic amines) is 1. The van der Waals surface area contributed by atoms with E-state index >= 15 is 0 Å². The highest BCUT2D eigenvalue weighted by Gasteiger charge is 2.17. The van der Waals surface area contributed by atoms with Crippen LogP contribution in [0.3, 0.4) is 0 Å². The maximum Gasteiger partial charge on any atom is 0.254 e. The molecular formula is C16H22BrFN2O. The van der Waals surface area contributed by atoms with Crippen molar-refractivity contribution in [2.24, 2.45) is 0 Å². The van der Waals surface area contributed by atoms with Crippen LogP contribution in [0.15, 0.2) is 22.7 Å². The van der Waals surface area contributed by atoms with Gasteiger partial charge in [-0.15, -0.1) is 0 Å². The van der Waals surface area contributed by atoms with Crippen LogP contribution >= 0.6 is 15.9 Å². The van der Waals surface area contributed by atoms with Crippen molar-refractivity contribution in [2.75, 3.05) is 19.6 Å². The zero-order valence-corrected chi connectivity index (χ0v) is 14.0. The van der Waals surface area contributed by atoms with Gasteiger partial charge in [-0.05, 0) is 50.9 Å². The molecule has 1 N–H and O–H groups in total. The Balaban J connectivity index is 1.74. The van der Waals surface area contributed by atoms with Gasteiger partial charge in [-0.1, -0.05) is 22.4 Å². The highest BCUT2D eigenvalue weighted by atomic mass is 79.9. The predicted molar refractivity (Wildman–Crippen MR) is 85.9 cm³/mol. The zero-order valence-electron chi connectivity index (χ0n) is 12.4. The lowest BCUT2D eigenvalue weighted by Gasteiger charge is -2.33. The summed E-state index contributed by atoms with van der Waals surface area (Å²) in [6, 6.07) is 5.12. The molecule has 0 unspecified atom stereocenters. The molecule has 116 valence electrons. The summed E-state index contributed by atoms with van der Waals surface area (Å²) < 4.78 is 14.3. The lowest BCUT2D eigenvalue weighted by Crippen LogP contribution is -2.39. The van der Waals surface area contributed by atoms with E-state index in [2.05, 4.69) is 33.1 Å². The molecule has 1 atom stereocenters. The molecule has 1 aliphatic rings. The van der Waals surface area contributed by atoms with Crippen LogP contribution in [0.2, 0.25) is 0 Å². The minimum atomic E-state index is -0.494. The molecule has 1 heterocycles. The lowest BCUT2D eigenvalue weighted by atomic mass is 10.0. The molecule has 5 heteroatoms. The number of halogens is 2. The van der Waals surface area contributed by atoms with Crippen molar-refractivity contribution in [1.29, 1.82) is 0 Å². The van der Waals surface area contributed by atoms with Gasteiger partial charge >= 0.3 is 0 Å². The van der Waals surface area contributed by atoms with Gasteiger partial charge in [0, 0.05) is 23.6 Å². The molecule has 0 bridgehead atoms. The molecule has 1 aromatic carbocycles. The topological polar surface area (TPSA) is 32.3 Å². The van der Waals surface area contributed by atoms with Gasteiger partial charge in [-0.3, -0.25) is 4.79 Å². The third kappa shape index (κ3) is 4.78. The Hall–Kier alpha value is -0.940. The number of hydrogen-bond donors (Lipinski definition) is 1. The predicted octanol–water partition coefficient (Wildman–Crippen LogP) is 3.58. The molecule has 0 radical (unpaired) electrons. The Morgan fingerprint density at radius 1 is 1.48 bits per heavy atom. The minimum absolute atomic E-state index is 0.101. The third-order valence-electron chi connectivity index (χ3n) is 4.02. The number of amides is 1. The number of nitrogens with one attached hydrogen (secondary N) is 1. The average molecular weight is 357 g/mol. The van der Waals surface area contributed by atoms with Crippen LogP contribution in [-0.4, -0.2) is 36.5 Å². The Kier molecular flexibility index (Phi) is 6.18. The van der Waals surface area contributed by atoms with Gasteiger partial charge in [0.2, 0.25) is 0 Å². The van der Waals surface area contributed by atoms with Crippen LogP contribution in [-0.2, 0) is 0 Å². The van der Waals surface area contributed by atoms with Crippen LogP contribution < -0.4 is 5.32 Å². The summed E-state index contributed by atoms with van der Waals surface area (Å²) in [5, 5.41) is 2.79. The monoisotopic (exact) mass is 356 g/mol. The maximum atomic E-state index is 13.7. The molecule has 0 aromatic heterocycles. The fourth-order valence-corrected chi connectivity index (χ4v) is 3.08. The SMILES string of the molecule is C[C@H]1CCCCN1CCCNC(=O)c1ccc(Br)cc1F.